The predicted octanol–water partition coefficient (Wildman–Crippen LogP) is 4.71. The number of rotatable bonds is 8. The molecule has 1 N–H and O–H groups in total. The minimum Gasteiger partial charge on any atom is -0.352 e. The van der Waals surface area contributed by atoms with E-state index in [0.29, 0.717) is 19.4 Å². The van der Waals surface area contributed by atoms with Crippen molar-refractivity contribution in [3.63, 3.8) is 0 Å². The molecule has 0 aliphatic heterocycles. The maximum atomic E-state index is 13.4. The van der Waals surface area contributed by atoms with E-state index in [1.807, 2.05) is 63.2 Å². The van der Waals surface area contributed by atoms with E-state index in [1.165, 1.54) is 12.8 Å². The summed E-state index contributed by atoms with van der Waals surface area (Å²) in [7, 11) is 0. The smallest absolute Gasteiger partial charge is 0.243 e. The van der Waals surface area contributed by atoms with Gasteiger partial charge in [-0.25, -0.2) is 0 Å². The topological polar surface area (TPSA) is 49.4 Å². The van der Waals surface area contributed by atoms with Crippen molar-refractivity contribution in [2.45, 2.75) is 77.9 Å². The van der Waals surface area contributed by atoms with Crippen molar-refractivity contribution in [3.05, 3.63) is 70.8 Å². The predicted molar refractivity (Wildman–Crippen MR) is 121 cm³/mol. The van der Waals surface area contributed by atoms with Gasteiger partial charge in [0, 0.05) is 12.6 Å². The first-order chi connectivity index (χ1) is 14.5. The average Bonchev–Trinajstić information content (AvgIpc) is 3.22. The number of benzene rings is 2. The number of nitrogens with one attached hydrogen (secondary N) is 1. The minimum absolute atomic E-state index is 0.000715. The molecule has 2 aromatic carbocycles. The summed E-state index contributed by atoms with van der Waals surface area (Å²) < 4.78 is 0. The molecule has 4 heteroatoms. The molecule has 2 amide bonds. The number of carbonyl (C=O) groups excluding carboxylic acids is 2. The molecule has 3 rings (SSSR count). The van der Waals surface area contributed by atoms with Crippen LogP contribution in [-0.4, -0.2) is 28.8 Å². The van der Waals surface area contributed by atoms with Gasteiger partial charge in [-0.05, 0) is 49.8 Å². The van der Waals surface area contributed by atoms with Gasteiger partial charge in [0.2, 0.25) is 11.8 Å². The highest BCUT2D eigenvalue weighted by Crippen LogP contribution is 2.20. The van der Waals surface area contributed by atoms with Crippen molar-refractivity contribution in [3.8, 4) is 0 Å². The van der Waals surface area contributed by atoms with E-state index in [1.54, 1.807) is 4.90 Å². The van der Waals surface area contributed by atoms with Crippen LogP contribution in [0, 0.1) is 13.8 Å². The Morgan fingerprint density at radius 1 is 1.07 bits per heavy atom. The molecule has 0 bridgehead atoms. The van der Waals surface area contributed by atoms with E-state index in [9.17, 15) is 9.59 Å². The van der Waals surface area contributed by atoms with Gasteiger partial charge in [0.05, 0.1) is 6.42 Å². The maximum absolute atomic E-state index is 13.4. The highest BCUT2D eigenvalue weighted by atomic mass is 16.2. The molecular formula is C26H34N2O2. The highest BCUT2D eigenvalue weighted by Gasteiger charge is 2.30. The Balaban J connectivity index is 1.83. The summed E-state index contributed by atoms with van der Waals surface area (Å²) >= 11 is 0. The number of amides is 2. The van der Waals surface area contributed by atoms with Crippen molar-refractivity contribution >= 4 is 11.8 Å². The molecule has 160 valence electrons. The lowest BCUT2D eigenvalue weighted by Crippen LogP contribution is -2.51. The molecule has 2 aromatic rings. The summed E-state index contributed by atoms with van der Waals surface area (Å²) in [6.45, 7) is 6.51. The first-order valence-electron chi connectivity index (χ1n) is 11.2. The van der Waals surface area contributed by atoms with Crippen molar-refractivity contribution in [2.75, 3.05) is 0 Å². The van der Waals surface area contributed by atoms with Crippen LogP contribution in [0.4, 0.5) is 0 Å². The third-order valence-corrected chi connectivity index (χ3v) is 6.13. The Labute approximate surface area is 180 Å². The highest BCUT2D eigenvalue weighted by molar-refractivity contribution is 5.88. The lowest BCUT2D eigenvalue weighted by molar-refractivity contribution is -0.141. The van der Waals surface area contributed by atoms with Gasteiger partial charge in [-0.2, -0.15) is 0 Å². The van der Waals surface area contributed by atoms with Gasteiger partial charge in [0.15, 0.2) is 0 Å². The summed E-state index contributed by atoms with van der Waals surface area (Å²) in [6, 6.07) is 15.9. The summed E-state index contributed by atoms with van der Waals surface area (Å²) in [5.41, 5.74) is 4.33. The molecule has 1 aliphatic rings. The first kappa shape index (κ1) is 22.1. The second kappa shape index (κ2) is 10.4. The van der Waals surface area contributed by atoms with Crippen LogP contribution in [0.1, 0.15) is 61.3 Å². The Morgan fingerprint density at radius 2 is 1.80 bits per heavy atom. The Hall–Kier alpha value is -2.62. The summed E-state index contributed by atoms with van der Waals surface area (Å²) in [6.07, 6.45) is 5.33. The number of hydrogen-bond donors (Lipinski definition) is 1. The third-order valence-electron chi connectivity index (χ3n) is 6.13. The second-order valence-electron chi connectivity index (χ2n) is 8.53. The van der Waals surface area contributed by atoms with Crippen LogP contribution >= 0.6 is 0 Å². The van der Waals surface area contributed by atoms with Crippen LogP contribution in [0.2, 0.25) is 0 Å². The largest absolute Gasteiger partial charge is 0.352 e. The van der Waals surface area contributed by atoms with E-state index in [2.05, 4.69) is 11.4 Å². The van der Waals surface area contributed by atoms with E-state index in [-0.39, 0.29) is 17.9 Å². The SMILES string of the molecule is CCC(C(=O)NC1CCCC1)N(Cc1cccc(C)c1)C(=O)Cc1ccccc1C. The van der Waals surface area contributed by atoms with Gasteiger partial charge in [-0.15, -0.1) is 0 Å². The zero-order valence-corrected chi connectivity index (χ0v) is 18.5. The zero-order valence-electron chi connectivity index (χ0n) is 18.5. The lowest BCUT2D eigenvalue weighted by atomic mass is 10.0. The van der Waals surface area contributed by atoms with E-state index in [4.69, 9.17) is 0 Å². The first-order valence-corrected chi connectivity index (χ1v) is 11.2. The van der Waals surface area contributed by atoms with Crippen molar-refractivity contribution < 1.29 is 9.59 Å². The Bertz CT molecular complexity index is 871. The molecule has 0 aromatic heterocycles. The number of aryl methyl sites for hydroxylation is 2. The molecule has 1 saturated carbocycles. The lowest BCUT2D eigenvalue weighted by Gasteiger charge is -2.32. The molecule has 1 aliphatic carbocycles. The van der Waals surface area contributed by atoms with Crippen LogP contribution in [0.25, 0.3) is 0 Å². The summed E-state index contributed by atoms with van der Waals surface area (Å²) in [5.74, 6) is -0.0191. The van der Waals surface area contributed by atoms with Gasteiger partial charge in [0.25, 0.3) is 0 Å². The minimum atomic E-state index is -0.456. The monoisotopic (exact) mass is 406 g/mol. The molecule has 0 heterocycles. The standard InChI is InChI=1S/C26H34N2O2/c1-4-24(26(30)27-23-14-7-8-15-23)28(18-21-12-9-10-19(2)16-21)25(29)17-22-13-6-5-11-20(22)3/h5-6,9-13,16,23-24H,4,7-8,14-15,17-18H2,1-3H3,(H,27,30). The van der Waals surface area contributed by atoms with E-state index >= 15 is 0 Å². The third kappa shape index (κ3) is 5.71. The summed E-state index contributed by atoms with van der Waals surface area (Å²) in [5, 5.41) is 3.20. The molecule has 0 saturated heterocycles. The normalized spacial score (nSPS) is 15.0. The number of hydrogen-bond acceptors (Lipinski definition) is 2. The van der Waals surface area contributed by atoms with Crippen LogP contribution in [0.3, 0.4) is 0 Å². The molecular weight excluding hydrogens is 372 g/mol. The average molecular weight is 407 g/mol. The van der Waals surface area contributed by atoms with Crippen LogP contribution in [0.5, 0.6) is 0 Å². The number of nitrogens with zero attached hydrogens (tertiary/aromatic N) is 1. The van der Waals surface area contributed by atoms with Gasteiger partial charge in [0.1, 0.15) is 6.04 Å². The molecule has 4 nitrogen and oxygen atoms in total. The second-order valence-corrected chi connectivity index (χ2v) is 8.53. The van der Waals surface area contributed by atoms with Crippen molar-refractivity contribution in [2.24, 2.45) is 0 Å². The maximum Gasteiger partial charge on any atom is 0.243 e. The van der Waals surface area contributed by atoms with Crippen LogP contribution in [0.15, 0.2) is 48.5 Å². The fourth-order valence-electron chi connectivity index (χ4n) is 4.37. The van der Waals surface area contributed by atoms with Gasteiger partial charge in [-0.1, -0.05) is 73.9 Å². The fraction of sp³-hybridized carbons (Fsp3) is 0.462. The Kier molecular flexibility index (Phi) is 7.67. The molecule has 1 atom stereocenters. The fourth-order valence-corrected chi connectivity index (χ4v) is 4.37. The van der Waals surface area contributed by atoms with Crippen LogP contribution in [-0.2, 0) is 22.6 Å². The van der Waals surface area contributed by atoms with Gasteiger partial charge < -0.3 is 10.2 Å². The zero-order chi connectivity index (χ0) is 21.5. The van der Waals surface area contributed by atoms with Crippen molar-refractivity contribution in [1.82, 2.24) is 10.2 Å². The van der Waals surface area contributed by atoms with Gasteiger partial charge in [-0.3, -0.25) is 9.59 Å². The van der Waals surface area contributed by atoms with Gasteiger partial charge >= 0.3 is 0 Å². The van der Waals surface area contributed by atoms with E-state index in [0.717, 1.165) is 35.1 Å². The molecule has 0 spiro atoms. The number of carbonyl (C=O) groups is 2. The Morgan fingerprint density at radius 3 is 2.47 bits per heavy atom. The quantitative estimate of drug-likeness (QED) is 0.690. The van der Waals surface area contributed by atoms with E-state index < -0.39 is 6.04 Å². The van der Waals surface area contributed by atoms with Crippen LogP contribution < -0.4 is 5.32 Å². The molecule has 1 fully saturated rings. The summed E-state index contributed by atoms with van der Waals surface area (Å²) in [4.78, 5) is 28.4. The molecule has 30 heavy (non-hydrogen) atoms. The molecule has 0 radical (unpaired) electrons. The molecule has 1 unspecified atom stereocenters. The van der Waals surface area contributed by atoms with Crippen molar-refractivity contribution in [1.29, 1.82) is 0 Å².